The summed E-state index contributed by atoms with van der Waals surface area (Å²) in [5.41, 5.74) is 9.05. The Hall–Kier alpha value is -0.800. The van der Waals surface area contributed by atoms with Crippen molar-refractivity contribution in [3.8, 4) is 0 Å². The Balaban J connectivity index is 2.76. The number of hydrogen-bond donors (Lipinski definition) is 2. The summed E-state index contributed by atoms with van der Waals surface area (Å²) in [5, 5.41) is 1.20. The standard InChI is InChI=1S/C10H11BrN2/c1-6-2-3-7-8(4-6)13-9(5-12)10(7)11/h2-4,13H,5,12H2,1H3. The van der Waals surface area contributed by atoms with E-state index >= 15 is 0 Å². The van der Waals surface area contributed by atoms with Crippen LogP contribution in [0, 0.1) is 6.92 Å². The highest BCUT2D eigenvalue weighted by atomic mass is 79.9. The maximum atomic E-state index is 5.59. The van der Waals surface area contributed by atoms with Gasteiger partial charge < -0.3 is 10.7 Å². The number of fused-ring (bicyclic) bond motifs is 1. The third-order valence-corrected chi connectivity index (χ3v) is 3.07. The number of H-pyrrole nitrogens is 1. The van der Waals surface area contributed by atoms with Gasteiger partial charge in [0.15, 0.2) is 0 Å². The van der Waals surface area contributed by atoms with Crippen molar-refractivity contribution in [2.24, 2.45) is 5.73 Å². The van der Waals surface area contributed by atoms with Crippen LogP contribution in [0.1, 0.15) is 11.3 Å². The highest BCUT2D eigenvalue weighted by molar-refractivity contribution is 9.10. The molecule has 3 N–H and O–H groups in total. The van der Waals surface area contributed by atoms with Crippen LogP contribution in [0.25, 0.3) is 10.9 Å². The number of benzene rings is 1. The lowest BCUT2D eigenvalue weighted by Gasteiger charge is -1.92. The minimum absolute atomic E-state index is 0.536. The van der Waals surface area contributed by atoms with Crippen molar-refractivity contribution in [3.05, 3.63) is 33.9 Å². The van der Waals surface area contributed by atoms with Gasteiger partial charge in [0.2, 0.25) is 0 Å². The van der Waals surface area contributed by atoms with Crippen LogP contribution in [-0.4, -0.2) is 4.98 Å². The number of hydrogen-bond acceptors (Lipinski definition) is 1. The average Bonchev–Trinajstić information content (AvgIpc) is 2.42. The molecule has 0 aliphatic carbocycles. The SMILES string of the molecule is Cc1ccc2c(Br)c(CN)[nH]c2c1. The van der Waals surface area contributed by atoms with E-state index in [1.807, 2.05) is 0 Å². The van der Waals surface area contributed by atoms with Gasteiger partial charge in [-0.15, -0.1) is 0 Å². The van der Waals surface area contributed by atoms with Crippen molar-refractivity contribution in [1.29, 1.82) is 0 Å². The fourth-order valence-corrected chi connectivity index (χ4v) is 2.08. The van der Waals surface area contributed by atoms with Crippen LogP contribution in [-0.2, 0) is 6.54 Å². The lowest BCUT2D eigenvalue weighted by molar-refractivity contribution is 1.01. The molecule has 1 aromatic carbocycles. The summed E-state index contributed by atoms with van der Waals surface area (Å²) in [5.74, 6) is 0. The molecule has 2 nitrogen and oxygen atoms in total. The Morgan fingerprint density at radius 2 is 2.23 bits per heavy atom. The first-order chi connectivity index (χ1) is 6.22. The third-order valence-electron chi connectivity index (χ3n) is 2.17. The molecule has 0 saturated heterocycles. The number of aromatic amines is 1. The second-order valence-corrected chi connectivity index (χ2v) is 3.96. The van der Waals surface area contributed by atoms with Gasteiger partial charge in [-0.2, -0.15) is 0 Å². The van der Waals surface area contributed by atoms with Gasteiger partial charge >= 0.3 is 0 Å². The number of aromatic nitrogens is 1. The molecule has 1 aromatic heterocycles. The van der Waals surface area contributed by atoms with E-state index in [4.69, 9.17) is 5.73 Å². The Bertz CT molecular complexity index is 445. The molecule has 2 rings (SSSR count). The van der Waals surface area contributed by atoms with Gasteiger partial charge in [-0.1, -0.05) is 12.1 Å². The van der Waals surface area contributed by atoms with E-state index < -0.39 is 0 Å². The van der Waals surface area contributed by atoms with E-state index in [2.05, 4.69) is 46.0 Å². The van der Waals surface area contributed by atoms with Gasteiger partial charge in [0.1, 0.15) is 0 Å². The smallest absolute Gasteiger partial charge is 0.0474 e. The van der Waals surface area contributed by atoms with Crippen LogP contribution in [0.4, 0.5) is 0 Å². The predicted octanol–water partition coefficient (Wildman–Crippen LogP) is 2.70. The quantitative estimate of drug-likeness (QED) is 0.789. The van der Waals surface area contributed by atoms with Crippen LogP contribution < -0.4 is 5.73 Å². The van der Waals surface area contributed by atoms with Crippen molar-refractivity contribution in [1.82, 2.24) is 4.98 Å². The zero-order valence-electron chi connectivity index (χ0n) is 7.39. The Kier molecular flexibility index (Phi) is 2.14. The molecular formula is C10H11BrN2. The predicted molar refractivity (Wildman–Crippen MR) is 58.6 cm³/mol. The second kappa shape index (κ2) is 3.16. The molecule has 0 radical (unpaired) electrons. The largest absolute Gasteiger partial charge is 0.356 e. The van der Waals surface area contributed by atoms with Gasteiger partial charge in [0.05, 0.1) is 0 Å². The first-order valence-electron chi connectivity index (χ1n) is 4.19. The second-order valence-electron chi connectivity index (χ2n) is 3.17. The molecule has 1 heterocycles. The molecule has 68 valence electrons. The number of aryl methyl sites for hydroxylation is 1. The molecule has 0 spiro atoms. The third kappa shape index (κ3) is 1.38. The molecule has 3 heteroatoms. The summed E-state index contributed by atoms with van der Waals surface area (Å²) in [7, 11) is 0. The molecule has 13 heavy (non-hydrogen) atoms. The number of nitrogens with one attached hydrogen (secondary N) is 1. The summed E-state index contributed by atoms with van der Waals surface area (Å²) in [6, 6.07) is 6.32. The highest BCUT2D eigenvalue weighted by Gasteiger charge is 2.06. The molecule has 0 fully saturated rings. The summed E-state index contributed by atoms with van der Waals surface area (Å²) in [6.45, 7) is 2.62. The normalized spacial score (nSPS) is 11.0. The van der Waals surface area contributed by atoms with Crippen LogP contribution >= 0.6 is 15.9 Å². The molecule has 0 unspecified atom stereocenters. The first-order valence-corrected chi connectivity index (χ1v) is 4.98. The zero-order valence-corrected chi connectivity index (χ0v) is 8.98. The molecule has 0 aliphatic rings. The monoisotopic (exact) mass is 238 g/mol. The van der Waals surface area contributed by atoms with Crippen molar-refractivity contribution in [3.63, 3.8) is 0 Å². The molecule has 0 bridgehead atoms. The molecule has 0 saturated carbocycles. The molecule has 0 amide bonds. The van der Waals surface area contributed by atoms with Crippen LogP contribution in [0.15, 0.2) is 22.7 Å². The van der Waals surface area contributed by atoms with Crippen molar-refractivity contribution < 1.29 is 0 Å². The maximum Gasteiger partial charge on any atom is 0.0474 e. The van der Waals surface area contributed by atoms with Crippen molar-refractivity contribution in [2.45, 2.75) is 13.5 Å². The minimum atomic E-state index is 0.536. The maximum absolute atomic E-state index is 5.59. The fraction of sp³-hybridized carbons (Fsp3) is 0.200. The summed E-state index contributed by atoms with van der Waals surface area (Å²) >= 11 is 3.53. The minimum Gasteiger partial charge on any atom is -0.356 e. The van der Waals surface area contributed by atoms with Gasteiger partial charge in [-0.25, -0.2) is 0 Å². The van der Waals surface area contributed by atoms with Gasteiger partial charge in [0.25, 0.3) is 0 Å². The molecule has 2 aromatic rings. The van der Waals surface area contributed by atoms with Gasteiger partial charge in [-0.3, -0.25) is 0 Å². The van der Waals surface area contributed by atoms with E-state index in [9.17, 15) is 0 Å². The van der Waals surface area contributed by atoms with Crippen molar-refractivity contribution >= 4 is 26.8 Å². The first kappa shape index (κ1) is 8.78. The summed E-state index contributed by atoms with van der Waals surface area (Å²) < 4.78 is 1.09. The Morgan fingerprint density at radius 1 is 1.46 bits per heavy atom. The zero-order chi connectivity index (χ0) is 9.42. The number of halogens is 1. The summed E-state index contributed by atoms with van der Waals surface area (Å²) in [4.78, 5) is 3.28. The topological polar surface area (TPSA) is 41.8 Å². The van der Waals surface area contributed by atoms with E-state index in [1.165, 1.54) is 10.9 Å². The highest BCUT2D eigenvalue weighted by Crippen LogP contribution is 2.27. The number of nitrogens with two attached hydrogens (primary N) is 1. The molecular weight excluding hydrogens is 228 g/mol. The molecule has 0 atom stereocenters. The van der Waals surface area contributed by atoms with Crippen molar-refractivity contribution in [2.75, 3.05) is 0 Å². The Morgan fingerprint density at radius 3 is 2.92 bits per heavy atom. The summed E-state index contributed by atoms with van der Waals surface area (Å²) in [6.07, 6.45) is 0. The molecule has 0 aliphatic heterocycles. The van der Waals surface area contributed by atoms with Gasteiger partial charge in [-0.05, 0) is 34.5 Å². The lowest BCUT2D eigenvalue weighted by atomic mass is 10.2. The lowest BCUT2D eigenvalue weighted by Crippen LogP contribution is -1.96. The van der Waals surface area contributed by atoms with Gasteiger partial charge in [0, 0.05) is 27.6 Å². The Labute approximate surface area is 85.3 Å². The van der Waals surface area contributed by atoms with E-state index in [0.717, 1.165) is 15.7 Å². The van der Waals surface area contributed by atoms with E-state index in [0.29, 0.717) is 6.54 Å². The van der Waals surface area contributed by atoms with Crippen LogP contribution in [0.5, 0.6) is 0 Å². The van der Waals surface area contributed by atoms with Crippen LogP contribution in [0.2, 0.25) is 0 Å². The van der Waals surface area contributed by atoms with Crippen LogP contribution in [0.3, 0.4) is 0 Å². The van der Waals surface area contributed by atoms with E-state index in [-0.39, 0.29) is 0 Å². The fourth-order valence-electron chi connectivity index (χ4n) is 1.47. The van der Waals surface area contributed by atoms with E-state index in [1.54, 1.807) is 0 Å². The number of rotatable bonds is 1. The average molecular weight is 239 g/mol.